The Morgan fingerprint density at radius 2 is 2.18 bits per heavy atom. The Labute approximate surface area is 102 Å². The van der Waals surface area contributed by atoms with E-state index >= 15 is 0 Å². The minimum atomic E-state index is 0.0717. The molecule has 0 aromatic carbocycles. The maximum absolute atomic E-state index is 9.09. The average Bonchev–Trinajstić information content (AvgIpc) is 2.27. The molecule has 96 valence electrons. The second-order valence-electron chi connectivity index (χ2n) is 5.15. The number of anilines is 2. The summed E-state index contributed by atoms with van der Waals surface area (Å²) in [6.45, 7) is 6.60. The number of aromatic nitrogens is 1. The number of aliphatic hydroxyl groups excluding tert-OH is 1. The molecular formula is C12H22N4O. The molecule has 0 bridgehead atoms. The van der Waals surface area contributed by atoms with Crippen molar-refractivity contribution in [2.24, 2.45) is 11.3 Å². The second kappa shape index (κ2) is 5.84. The zero-order chi connectivity index (χ0) is 12.9. The van der Waals surface area contributed by atoms with E-state index in [2.05, 4.69) is 36.5 Å². The van der Waals surface area contributed by atoms with E-state index in [1.165, 1.54) is 0 Å². The van der Waals surface area contributed by atoms with Crippen LogP contribution in [0, 0.1) is 5.41 Å². The third kappa shape index (κ3) is 4.20. The van der Waals surface area contributed by atoms with Gasteiger partial charge in [0.15, 0.2) is 0 Å². The molecule has 0 aliphatic rings. The fraction of sp³-hybridized carbons (Fsp3) is 0.583. The van der Waals surface area contributed by atoms with Crippen molar-refractivity contribution < 1.29 is 5.11 Å². The van der Waals surface area contributed by atoms with Crippen molar-refractivity contribution in [2.45, 2.75) is 33.2 Å². The van der Waals surface area contributed by atoms with Gasteiger partial charge in [0.05, 0.1) is 0 Å². The van der Waals surface area contributed by atoms with Crippen molar-refractivity contribution in [3.8, 4) is 0 Å². The summed E-state index contributed by atoms with van der Waals surface area (Å²) in [4.78, 5) is 4.05. The molecular weight excluding hydrogens is 216 g/mol. The Kier molecular flexibility index (Phi) is 4.72. The molecule has 0 saturated heterocycles. The summed E-state index contributed by atoms with van der Waals surface area (Å²) in [6.07, 6.45) is 2.40. The van der Waals surface area contributed by atoms with Crippen LogP contribution < -0.4 is 16.6 Å². The molecule has 17 heavy (non-hydrogen) atoms. The van der Waals surface area contributed by atoms with Gasteiger partial charge in [-0.05, 0) is 17.9 Å². The largest absolute Gasteiger partial charge is 0.396 e. The van der Waals surface area contributed by atoms with Crippen molar-refractivity contribution in [1.82, 2.24) is 4.98 Å². The smallest absolute Gasteiger partial charge is 0.141 e. The van der Waals surface area contributed by atoms with E-state index in [1.807, 2.05) is 12.1 Å². The van der Waals surface area contributed by atoms with E-state index in [0.717, 1.165) is 5.69 Å². The maximum atomic E-state index is 9.09. The van der Waals surface area contributed by atoms with Crippen LogP contribution in [0.15, 0.2) is 18.3 Å². The van der Waals surface area contributed by atoms with Gasteiger partial charge < -0.3 is 15.8 Å². The normalized spacial score (nSPS) is 13.2. The van der Waals surface area contributed by atoms with Gasteiger partial charge in [0, 0.05) is 30.6 Å². The van der Waals surface area contributed by atoms with Gasteiger partial charge in [-0.2, -0.15) is 0 Å². The predicted octanol–water partition coefficient (Wildman–Crippen LogP) is 1.58. The number of nitrogens with zero attached hydrogens (tertiary/aromatic N) is 1. The maximum Gasteiger partial charge on any atom is 0.141 e. The van der Waals surface area contributed by atoms with Gasteiger partial charge in [-0.1, -0.05) is 20.8 Å². The van der Waals surface area contributed by atoms with E-state index in [4.69, 9.17) is 10.9 Å². The van der Waals surface area contributed by atoms with E-state index in [1.54, 1.807) is 6.20 Å². The summed E-state index contributed by atoms with van der Waals surface area (Å²) in [6, 6.07) is 3.92. The van der Waals surface area contributed by atoms with Gasteiger partial charge in [0.1, 0.15) is 5.82 Å². The fourth-order valence-electron chi connectivity index (χ4n) is 1.65. The van der Waals surface area contributed by atoms with Crippen LogP contribution in [0.1, 0.15) is 27.2 Å². The Hall–Kier alpha value is -1.33. The van der Waals surface area contributed by atoms with E-state index < -0.39 is 0 Å². The van der Waals surface area contributed by atoms with Crippen LogP contribution in [0.25, 0.3) is 0 Å². The SMILES string of the molecule is CC(C)(C)C(CCO)Nc1ccnc(NN)c1. The van der Waals surface area contributed by atoms with E-state index in [-0.39, 0.29) is 18.1 Å². The monoisotopic (exact) mass is 238 g/mol. The summed E-state index contributed by atoms with van der Waals surface area (Å²) >= 11 is 0. The highest BCUT2D eigenvalue weighted by Crippen LogP contribution is 2.25. The molecule has 0 amide bonds. The number of hydrazine groups is 1. The lowest BCUT2D eigenvalue weighted by Gasteiger charge is -2.32. The molecule has 1 rings (SSSR count). The Balaban J connectivity index is 2.78. The number of rotatable bonds is 5. The van der Waals surface area contributed by atoms with Crippen molar-refractivity contribution in [3.63, 3.8) is 0 Å². The third-order valence-corrected chi connectivity index (χ3v) is 2.71. The van der Waals surface area contributed by atoms with Crippen LogP contribution in [0.3, 0.4) is 0 Å². The molecule has 5 nitrogen and oxygen atoms in total. The third-order valence-electron chi connectivity index (χ3n) is 2.71. The van der Waals surface area contributed by atoms with Crippen molar-refractivity contribution in [1.29, 1.82) is 0 Å². The van der Waals surface area contributed by atoms with Gasteiger partial charge in [-0.15, -0.1) is 0 Å². The first kappa shape index (κ1) is 13.7. The fourth-order valence-corrected chi connectivity index (χ4v) is 1.65. The van der Waals surface area contributed by atoms with Crippen LogP contribution >= 0.6 is 0 Å². The van der Waals surface area contributed by atoms with E-state index in [9.17, 15) is 0 Å². The van der Waals surface area contributed by atoms with Gasteiger partial charge in [-0.25, -0.2) is 10.8 Å². The van der Waals surface area contributed by atoms with Gasteiger partial charge >= 0.3 is 0 Å². The number of aliphatic hydroxyl groups is 1. The van der Waals surface area contributed by atoms with Crippen LogP contribution in [-0.4, -0.2) is 22.7 Å². The average molecular weight is 238 g/mol. The van der Waals surface area contributed by atoms with Gasteiger partial charge in [0.2, 0.25) is 0 Å². The Morgan fingerprint density at radius 3 is 2.71 bits per heavy atom. The first-order chi connectivity index (χ1) is 7.97. The van der Waals surface area contributed by atoms with Crippen LogP contribution in [0.2, 0.25) is 0 Å². The van der Waals surface area contributed by atoms with Gasteiger partial charge in [0.25, 0.3) is 0 Å². The zero-order valence-electron chi connectivity index (χ0n) is 10.7. The Bertz CT molecular complexity index is 349. The molecule has 0 aliphatic carbocycles. The summed E-state index contributed by atoms with van der Waals surface area (Å²) in [5.74, 6) is 5.93. The summed E-state index contributed by atoms with van der Waals surface area (Å²) in [5.41, 5.74) is 3.53. The van der Waals surface area contributed by atoms with E-state index in [0.29, 0.717) is 12.2 Å². The molecule has 1 heterocycles. The Morgan fingerprint density at radius 1 is 1.47 bits per heavy atom. The first-order valence-corrected chi connectivity index (χ1v) is 5.77. The highest BCUT2D eigenvalue weighted by molar-refractivity contribution is 5.52. The summed E-state index contributed by atoms with van der Waals surface area (Å²) in [7, 11) is 0. The lowest BCUT2D eigenvalue weighted by molar-refractivity contribution is 0.235. The number of hydrogen-bond acceptors (Lipinski definition) is 5. The summed E-state index contributed by atoms with van der Waals surface area (Å²) in [5, 5.41) is 12.5. The molecule has 0 fully saturated rings. The second-order valence-corrected chi connectivity index (χ2v) is 5.15. The minimum Gasteiger partial charge on any atom is -0.396 e. The molecule has 5 N–H and O–H groups in total. The minimum absolute atomic E-state index is 0.0717. The lowest BCUT2D eigenvalue weighted by Crippen LogP contribution is -2.34. The van der Waals surface area contributed by atoms with Crippen LogP contribution in [-0.2, 0) is 0 Å². The van der Waals surface area contributed by atoms with Crippen molar-refractivity contribution >= 4 is 11.5 Å². The molecule has 0 spiro atoms. The number of nitrogens with one attached hydrogen (secondary N) is 2. The number of hydrogen-bond donors (Lipinski definition) is 4. The molecule has 1 unspecified atom stereocenters. The molecule has 0 saturated carbocycles. The molecule has 1 aromatic heterocycles. The first-order valence-electron chi connectivity index (χ1n) is 5.77. The number of nitrogens with two attached hydrogens (primary N) is 1. The highest BCUT2D eigenvalue weighted by Gasteiger charge is 2.23. The molecule has 1 aromatic rings. The van der Waals surface area contributed by atoms with Gasteiger partial charge in [-0.3, -0.25) is 0 Å². The highest BCUT2D eigenvalue weighted by atomic mass is 16.3. The zero-order valence-corrected chi connectivity index (χ0v) is 10.7. The van der Waals surface area contributed by atoms with Crippen LogP contribution in [0.4, 0.5) is 11.5 Å². The number of nitrogen functional groups attached to an aromatic ring is 1. The van der Waals surface area contributed by atoms with Crippen molar-refractivity contribution in [3.05, 3.63) is 18.3 Å². The predicted molar refractivity (Wildman–Crippen MR) is 70.6 cm³/mol. The molecule has 0 aliphatic heterocycles. The topological polar surface area (TPSA) is 83.2 Å². The number of pyridine rings is 1. The standard InChI is InChI=1S/C12H22N4O/c1-12(2,3)10(5-7-17)15-9-4-6-14-11(8-9)16-13/h4,6,8,10,17H,5,7,13H2,1-3H3,(H2,14,15,16). The molecule has 1 atom stereocenters. The lowest BCUT2D eigenvalue weighted by atomic mass is 9.85. The van der Waals surface area contributed by atoms with Crippen molar-refractivity contribution in [2.75, 3.05) is 17.3 Å². The van der Waals surface area contributed by atoms with Crippen LogP contribution in [0.5, 0.6) is 0 Å². The summed E-state index contributed by atoms with van der Waals surface area (Å²) < 4.78 is 0. The molecule has 5 heteroatoms. The quantitative estimate of drug-likeness (QED) is 0.462. The molecule has 0 radical (unpaired) electrons.